The summed E-state index contributed by atoms with van der Waals surface area (Å²) in [6.45, 7) is 1.96. The van der Waals surface area contributed by atoms with E-state index in [0.29, 0.717) is 11.9 Å². The van der Waals surface area contributed by atoms with Crippen LogP contribution in [-0.4, -0.2) is 37.0 Å². The van der Waals surface area contributed by atoms with Crippen LogP contribution in [0.25, 0.3) is 0 Å². The van der Waals surface area contributed by atoms with Crippen molar-refractivity contribution in [1.29, 1.82) is 0 Å². The molecule has 94 valence electrons. The normalized spacial score (nSPS) is 21.3. The van der Waals surface area contributed by atoms with Crippen molar-refractivity contribution in [2.24, 2.45) is 5.92 Å². The van der Waals surface area contributed by atoms with E-state index in [1.165, 1.54) is 25.7 Å². The molecule has 1 saturated heterocycles. The smallest absolute Gasteiger partial charge is 0.222 e. The summed E-state index contributed by atoms with van der Waals surface area (Å²) < 4.78 is 0. The van der Waals surface area contributed by atoms with Gasteiger partial charge in [-0.1, -0.05) is 25.7 Å². The summed E-state index contributed by atoms with van der Waals surface area (Å²) in [5.41, 5.74) is 0. The van der Waals surface area contributed by atoms with Crippen molar-refractivity contribution in [3.63, 3.8) is 0 Å². The number of hydrogen-bond acceptors (Lipinski definition) is 2. The molecule has 16 heavy (non-hydrogen) atoms. The zero-order valence-corrected chi connectivity index (χ0v) is 10.9. The van der Waals surface area contributed by atoms with E-state index in [0.717, 1.165) is 31.8 Å². The van der Waals surface area contributed by atoms with Crippen molar-refractivity contribution in [2.45, 2.75) is 44.6 Å². The number of likely N-dealkylation sites (N-methyl/N-ethyl adjacent to an activating group) is 1. The Morgan fingerprint density at radius 2 is 1.94 bits per heavy atom. The second-order valence-electron chi connectivity index (χ2n) is 5.01. The summed E-state index contributed by atoms with van der Waals surface area (Å²) >= 11 is 0. The fourth-order valence-corrected chi connectivity index (χ4v) is 2.55. The maximum absolute atomic E-state index is 11.8. The average Bonchev–Trinajstić information content (AvgIpc) is 2.63. The Balaban J connectivity index is 0.00000128. The highest BCUT2D eigenvalue weighted by atomic mass is 35.5. The molecule has 1 heterocycles. The zero-order valence-electron chi connectivity index (χ0n) is 10.1. The zero-order chi connectivity index (χ0) is 10.7. The molecule has 0 aromatic carbocycles. The highest BCUT2D eigenvalue weighted by molar-refractivity contribution is 5.85. The summed E-state index contributed by atoms with van der Waals surface area (Å²) in [4.78, 5) is 13.8. The predicted molar refractivity (Wildman–Crippen MR) is 67.9 cm³/mol. The van der Waals surface area contributed by atoms with Gasteiger partial charge in [-0.25, -0.2) is 0 Å². The SMILES string of the molecule is CN(C(=O)CCC1CCCC1)C1CNC1.Cl. The number of nitrogens with zero attached hydrogens (tertiary/aromatic N) is 1. The lowest BCUT2D eigenvalue weighted by Gasteiger charge is -2.35. The molecular weight excluding hydrogens is 224 g/mol. The number of rotatable bonds is 4. The van der Waals surface area contributed by atoms with Gasteiger partial charge in [0.1, 0.15) is 0 Å². The largest absolute Gasteiger partial charge is 0.340 e. The first-order valence-electron chi connectivity index (χ1n) is 6.24. The lowest BCUT2D eigenvalue weighted by Crippen LogP contribution is -2.57. The maximum Gasteiger partial charge on any atom is 0.222 e. The van der Waals surface area contributed by atoms with Gasteiger partial charge in [0.15, 0.2) is 0 Å². The van der Waals surface area contributed by atoms with Gasteiger partial charge in [0, 0.05) is 26.6 Å². The fraction of sp³-hybridized carbons (Fsp3) is 0.917. The highest BCUT2D eigenvalue weighted by Crippen LogP contribution is 2.28. The van der Waals surface area contributed by atoms with Crippen LogP contribution < -0.4 is 5.32 Å². The van der Waals surface area contributed by atoms with Gasteiger partial charge in [0.2, 0.25) is 5.91 Å². The Bertz CT molecular complexity index is 225. The monoisotopic (exact) mass is 246 g/mol. The van der Waals surface area contributed by atoms with Gasteiger partial charge in [-0.15, -0.1) is 12.4 Å². The van der Waals surface area contributed by atoms with Crippen molar-refractivity contribution in [1.82, 2.24) is 10.2 Å². The van der Waals surface area contributed by atoms with Crippen molar-refractivity contribution >= 4 is 18.3 Å². The summed E-state index contributed by atoms with van der Waals surface area (Å²) in [5, 5.41) is 3.20. The lowest BCUT2D eigenvalue weighted by molar-refractivity contribution is -0.133. The van der Waals surface area contributed by atoms with Gasteiger partial charge in [-0.05, 0) is 12.3 Å². The third-order valence-corrected chi connectivity index (χ3v) is 3.94. The van der Waals surface area contributed by atoms with Gasteiger partial charge in [-0.3, -0.25) is 4.79 Å². The van der Waals surface area contributed by atoms with Crippen LogP contribution in [0.5, 0.6) is 0 Å². The Labute approximate surface area is 104 Å². The first-order valence-corrected chi connectivity index (χ1v) is 6.24. The molecule has 4 heteroatoms. The molecule has 0 atom stereocenters. The summed E-state index contributed by atoms with van der Waals surface area (Å²) in [5.74, 6) is 1.18. The van der Waals surface area contributed by atoms with Gasteiger partial charge in [0.05, 0.1) is 6.04 Å². The second kappa shape index (κ2) is 6.45. The van der Waals surface area contributed by atoms with Crippen LogP contribution in [0.1, 0.15) is 38.5 Å². The molecule has 0 radical (unpaired) electrons. The molecule has 0 bridgehead atoms. The van der Waals surface area contributed by atoms with E-state index in [-0.39, 0.29) is 12.4 Å². The van der Waals surface area contributed by atoms with Crippen molar-refractivity contribution in [3.05, 3.63) is 0 Å². The number of nitrogens with one attached hydrogen (secondary N) is 1. The molecule has 1 saturated carbocycles. The molecule has 2 fully saturated rings. The van der Waals surface area contributed by atoms with E-state index in [2.05, 4.69) is 5.32 Å². The molecule has 3 nitrogen and oxygen atoms in total. The minimum Gasteiger partial charge on any atom is -0.340 e. The number of carbonyl (C=O) groups is 1. The van der Waals surface area contributed by atoms with E-state index < -0.39 is 0 Å². The fourth-order valence-electron chi connectivity index (χ4n) is 2.55. The first kappa shape index (κ1) is 13.8. The van der Waals surface area contributed by atoms with Crippen LogP contribution in [0.15, 0.2) is 0 Å². The first-order chi connectivity index (χ1) is 7.27. The predicted octanol–water partition coefficient (Wildman–Crippen LogP) is 1.81. The topological polar surface area (TPSA) is 32.3 Å². The van der Waals surface area contributed by atoms with Gasteiger partial charge in [-0.2, -0.15) is 0 Å². The van der Waals surface area contributed by atoms with E-state index in [9.17, 15) is 4.79 Å². The van der Waals surface area contributed by atoms with Gasteiger partial charge >= 0.3 is 0 Å². The van der Waals surface area contributed by atoms with E-state index in [1.54, 1.807) is 0 Å². The highest BCUT2D eigenvalue weighted by Gasteiger charge is 2.25. The lowest BCUT2D eigenvalue weighted by atomic mass is 10.0. The van der Waals surface area contributed by atoms with Gasteiger partial charge in [0.25, 0.3) is 0 Å². The molecule has 0 aromatic heterocycles. The Hall–Kier alpha value is -0.280. The number of carbonyl (C=O) groups excluding carboxylic acids is 1. The molecule has 2 aliphatic rings. The molecule has 2 rings (SSSR count). The Morgan fingerprint density at radius 1 is 1.31 bits per heavy atom. The van der Waals surface area contributed by atoms with Crippen LogP contribution in [0, 0.1) is 5.92 Å². The number of halogens is 1. The summed E-state index contributed by atoms with van der Waals surface area (Å²) in [7, 11) is 1.95. The van der Waals surface area contributed by atoms with E-state index >= 15 is 0 Å². The quantitative estimate of drug-likeness (QED) is 0.821. The molecule has 0 aromatic rings. The minimum atomic E-state index is 0. The molecule has 1 aliphatic carbocycles. The molecule has 1 amide bonds. The maximum atomic E-state index is 11.8. The van der Waals surface area contributed by atoms with Crippen LogP contribution in [-0.2, 0) is 4.79 Å². The molecular formula is C12H23ClN2O. The van der Waals surface area contributed by atoms with E-state index in [1.807, 2.05) is 11.9 Å². The van der Waals surface area contributed by atoms with Crippen LogP contribution in [0.3, 0.4) is 0 Å². The van der Waals surface area contributed by atoms with Crippen LogP contribution in [0.2, 0.25) is 0 Å². The van der Waals surface area contributed by atoms with Crippen molar-refractivity contribution < 1.29 is 4.79 Å². The van der Waals surface area contributed by atoms with E-state index in [4.69, 9.17) is 0 Å². The molecule has 0 spiro atoms. The van der Waals surface area contributed by atoms with Crippen LogP contribution >= 0.6 is 12.4 Å². The standard InChI is InChI=1S/C12H22N2O.ClH/c1-14(11-8-13-9-11)12(15)7-6-10-4-2-3-5-10;/h10-11,13H,2-9H2,1H3;1H. The second-order valence-corrected chi connectivity index (χ2v) is 5.01. The Morgan fingerprint density at radius 3 is 2.44 bits per heavy atom. The third-order valence-electron chi connectivity index (χ3n) is 3.94. The molecule has 1 aliphatic heterocycles. The Kier molecular flexibility index (Phi) is 5.56. The molecule has 1 N–H and O–H groups in total. The number of amides is 1. The van der Waals surface area contributed by atoms with Gasteiger partial charge < -0.3 is 10.2 Å². The summed E-state index contributed by atoms with van der Waals surface area (Å²) in [6, 6.07) is 0.459. The van der Waals surface area contributed by atoms with Crippen molar-refractivity contribution in [3.8, 4) is 0 Å². The average molecular weight is 247 g/mol. The van der Waals surface area contributed by atoms with Crippen molar-refractivity contribution in [2.75, 3.05) is 20.1 Å². The minimum absolute atomic E-state index is 0. The van der Waals surface area contributed by atoms with Crippen LogP contribution in [0.4, 0.5) is 0 Å². The number of hydrogen-bond donors (Lipinski definition) is 1. The third kappa shape index (κ3) is 3.36. The summed E-state index contributed by atoms with van der Waals surface area (Å²) in [6.07, 6.45) is 7.33. The molecule has 0 unspecified atom stereocenters.